The van der Waals surface area contributed by atoms with Crippen LogP contribution in [0.15, 0.2) is 34.7 Å². The number of benzene rings is 1. The van der Waals surface area contributed by atoms with Crippen LogP contribution in [0.1, 0.15) is 18.6 Å². The molecule has 2 aromatic rings. The predicted octanol–water partition coefficient (Wildman–Crippen LogP) is 3.02. The van der Waals surface area contributed by atoms with E-state index < -0.39 is 0 Å². The highest BCUT2D eigenvalue weighted by atomic mass is 35.5. The van der Waals surface area contributed by atoms with E-state index in [1.807, 2.05) is 18.2 Å². The zero-order valence-corrected chi connectivity index (χ0v) is 12.0. The number of para-hydroxylation sites is 1. The average Bonchev–Trinajstić information content (AvgIpc) is 3.09. The number of likely N-dealkylation sites (N-methyl/N-ethyl adjacent to an activating group) is 1. The molecule has 0 aliphatic heterocycles. The molecule has 1 heterocycles. The molecule has 1 aliphatic carbocycles. The molecule has 1 saturated carbocycles. The summed E-state index contributed by atoms with van der Waals surface area (Å²) in [5, 5.41) is 1.18. The molecule has 2 N–H and O–H groups in total. The Hall–Kier alpha value is -1.03. The van der Waals surface area contributed by atoms with Gasteiger partial charge in [-0.3, -0.25) is 4.90 Å². The first kappa shape index (κ1) is 14.4. The molecule has 0 radical (unpaired) electrons. The van der Waals surface area contributed by atoms with Gasteiger partial charge in [0.1, 0.15) is 11.3 Å². The third-order valence-electron chi connectivity index (χ3n) is 3.86. The molecule has 3 nitrogen and oxygen atoms in total. The van der Waals surface area contributed by atoms with Crippen molar-refractivity contribution in [3.63, 3.8) is 0 Å². The number of halogens is 1. The van der Waals surface area contributed by atoms with E-state index in [4.69, 9.17) is 10.2 Å². The third kappa shape index (κ3) is 3.11. The molecule has 1 fully saturated rings. The standard InChI is InChI=1S/C15H20N2O.ClH/c1-17(14(9-16)11-6-7-11)10-13-8-12-4-2-3-5-15(12)18-13;/h2-5,8,11,14H,6-7,9-10,16H2,1H3;1H. The number of furan rings is 1. The van der Waals surface area contributed by atoms with E-state index in [-0.39, 0.29) is 12.4 Å². The van der Waals surface area contributed by atoms with Crippen LogP contribution in [-0.2, 0) is 6.54 Å². The molecule has 0 spiro atoms. The molecule has 19 heavy (non-hydrogen) atoms. The van der Waals surface area contributed by atoms with Gasteiger partial charge < -0.3 is 10.2 Å². The number of hydrogen-bond acceptors (Lipinski definition) is 3. The fraction of sp³-hybridized carbons (Fsp3) is 0.467. The summed E-state index contributed by atoms with van der Waals surface area (Å²) < 4.78 is 5.85. The van der Waals surface area contributed by atoms with Gasteiger partial charge in [0.05, 0.1) is 6.54 Å². The molecule has 4 heteroatoms. The summed E-state index contributed by atoms with van der Waals surface area (Å²) in [6.07, 6.45) is 2.65. The van der Waals surface area contributed by atoms with Crippen molar-refractivity contribution in [2.75, 3.05) is 13.6 Å². The number of rotatable bonds is 5. The Kier molecular flexibility index (Phi) is 4.50. The van der Waals surface area contributed by atoms with Crippen molar-refractivity contribution < 1.29 is 4.42 Å². The normalized spacial score (nSPS) is 16.6. The van der Waals surface area contributed by atoms with Crippen LogP contribution in [0, 0.1) is 5.92 Å². The van der Waals surface area contributed by atoms with Gasteiger partial charge in [0.15, 0.2) is 0 Å². The predicted molar refractivity (Wildman–Crippen MR) is 80.5 cm³/mol. The van der Waals surface area contributed by atoms with Crippen LogP contribution in [0.2, 0.25) is 0 Å². The summed E-state index contributed by atoms with van der Waals surface area (Å²) in [6, 6.07) is 10.8. The molecular formula is C15H21ClN2O. The molecule has 1 unspecified atom stereocenters. The second kappa shape index (κ2) is 5.95. The zero-order valence-electron chi connectivity index (χ0n) is 11.2. The van der Waals surface area contributed by atoms with E-state index in [1.165, 1.54) is 18.2 Å². The van der Waals surface area contributed by atoms with Crippen LogP contribution in [-0.4, -0.2) is 24.5 Å². The Balaban J connectivity index is 0.00000133. The van der Waals surface area contributed by atoms with Crippen molar-refractivity contribution in [3.8, 4) is 0 Å². The van der Waals surface area contributed by atoms with Crippen LogP contribution in [0.3, 0.4) is 0 Å². The van der Waals surface area contributed by atoms with E-state index in [1.54, 1.807) is 0 Å². The third-order valence-corrected chi connectivity index (χ3v) is 3.86. The monoisotopic (exact) mass is 280 g/mol. The molecule has 0 bridgehead atoms. The maximum atomic E-state index is 5.87. The molecule has 3 rings (SSSR count). The Morgan fingerprint density at radius 3 is 2.74 bits per heavy atom. The van der Waals surface area contributed by atoms with Gasteiger partial charge >= 0.3 is 0 Å². The van der Waals surface area contributed by atoms with Crippen molar-refractivity contribution in [1.29, 1.82) is 0 Å². The number of hydrogen-bond donors (Lipinski definition) is 1. The zero-order chi connectivity index (χ0) is 12.5. The first-order valence-corrected chi connectivity index (χ1v) is 6.65. The molecule has 1 aromatic carbocycles. The van der Waals surface area contributed by atoms with E-state index in [0.717, 1.165) is 30.4 Å². The first-order chi connectivity index (χ1) is 8.78. The van der Waals surface area contributed by atoms with Gasteiger partial charge in [0, 0.05) is 18.0 Å². The van der Waals surface area contributed by atoms with Crippen molar-refractivity contribution in [2.24, 2.45) is 11.7 Å². The maximum absolute atomic E-state index is 5.87. The quantitative estimate of drug-likeness (QED) is 0.915. The highest BCUT2D eigenvalue weighted by molar-refractivity contribution is 5.85. The lowest BCUT2D eigenvalue weighted by atomic mass is 10.1. The van der Waals surface area contributed by atoms with Crippen LogP contribution < -0.4 is 5.73 Å². The second-order valence-corrected chi connectivity index (χ2v) is 5.31. The average molecular weight is 281 g/mol. The minimum absolute atomic E-state index is 0. The van der Waals surface area contributed by atoms with Gasteiger partial charge in [-0.15, -0.1) is 12.4 Å². The largest absolute Gasteiger partial charge is 0.460 e. The van der Waals surface area contributed by atoms with Crippen LogP contribution in [0.4, 0.5) is 0 Å². The highest BCUT2D eigenvalue weighted by Gasteiger charge is 2.32. The second-order valence-electron chi connectivity index (χ2n) is 5.31. The van der Waals surface area contributed by atoms with Crippen LogP contribution in [0.25, 0.3) is 11.0 Å². The maximum Gasteiger partial charge on any atom is 0.134 e. The smallest absolute Gasteiger partial charge is 0.134 e. The Morgan fingerprint density at radius 1 is 1.37 bits per heavy atom. The molecule has 1 aliphatic rings. The van der Waals surface area contributed by atoms with Crippen LogP contribution in [0.5, 0.6) is 0 Å². The van der Waals surface area contributed by atoms with E-state index in [0.29, 0.717) is 6.04 Å². The van der Waals surface area contributed by atoms with Gasteiger partial charge in [-0.05, 0) is 37.9 Å². The molecule has 1 atom stereocenters. The summed E-state index contributed by atoms with van der Waals surface area (Å²) in [6.45, 7) is 1.58. The molecular weight excluding hydrogens is 260 g/mol. The summed E-state index contributed by atoms with van der Waals surface area (Å²) >= 11 is 0. The highest BCUT2D eigenvalue weighted by Crippen LogP contribution is 2.35. The van der Waals surface area contributed by atoms with Crippen molar-refractivity contribution >= 4 is 23.4 Å². The number of nitrogens with zero attached hydrogens (tertiary/aromatic N) is 1. The lowest BCUT2D eigenvalue weighted by Gasteiger charge is -2.25. The topological polar surface area (TPSA) is 42.4 Å². The summed E-state index contributed by atoms with van der Waals surface area (Å²) in [7, 11) is 2.14. The number of nitrogens with two attached hydrogens (primary N) is 1. The van der Waals surface area contributed by atoms with Crippen molar-refractivity contribution in [3.05, 3.63) is 36.1 Å². The molecule has 0 amide bonds. The number of fused-ring (bicyclic) bond motifs is 1. The van der Waals surface area contributed by atoms with E-state index in [2.05, 4.69) is 24.1 Å². The van der Waals surface area contributed by atoms with E-state index in [9.17, 15) is 0 Å². The summed E-state index contributed by atoms with van der Waals surface area (Å²) in [5.41, 5.74) is 6.84. The molecule has 0 saturated heterocycles. The lowest BCUT2D eigenvalue weighted by Crippen LogP contribution is -2.39. The molecule has 1 aromatic heterocycles. The van der Waals surface area contributed by atoms with Gasteiger partial charge in [-0.25, -0.2) is 0 Å². The van der Waals surface area contributed by atoms with Crippen LogP contribution >= 0.6 is 12.4 Å². The van der Waals surface area contributed by atoms with Gasteiger partial charge in [-0.2, -0.15) is 0 Å². The summed E-state index contributed by atoms with van der Waals surface area (Å²) in [5.74, 6) is 1.82. The SMILES string of the molecule is CN(Cc1cc2ccccc2o1)C(CN)C1CC1.Cl. The summed E-state index contributed by atoms with van der Waals surface area (Å²) in [4.78, 5) is 2.33. The Bertz CT molecular complexity index is 503. The van der Waals surface area contributed by atoms with Gasteiger partial charge in [-0.1, -0.05) is 18.2 Å². The minimum atomic E-state index is 0. The fourth-order valence-corrected chi connectivity index (χ4v) is 2.69. The van der Waals surface area contributed by atoms with Crippen molar-refractivity contribution in [1.82, 2.24) is 4.90 Å². The molecule has 104 valence electrons. The van der Waals surface area contributed by atoms with Gasteiger partial charge in [0.25, 0.3) is 0 Å². The Morgan fingerprint density at radius 2 is 2.11 bits per heavy atom. The van der Waals surface area contributed by atoms with E-state index >= 15 is 0 Å². The van der Waals surface area contributed by atoms with Crippen molar-refractivity contribution in [2.45, 2.75) is 25.4 Å². The Labute approximate surface area is 120 Å². The minimum Gasteiger partial charge on any atom is -0.460 e. The fourth-order valence-electron chi connectivity index (χ4n) is 2.69. The van der Waals surface area contributed by atoms with Gasteiger partial charge in [0.2, 0.25) is 0 Å². The first-order valence-electron chi connectivity index (χ1n) is 6.65. The lowest BCUT2D eigenvalue weighted by molar-refractivity contribution is 0.202.